The number of hydrogen-bond acceptors (Lipinski definition) is 3. The van der Waals surface area contributed by atoms with Crippen molar-refractivity contribution >= 4 is 11.9 Å². The highest BCUT2D eigenvalue weighted by molar-refractivity contribution is 6.12. The van der Waals surface area contributed by atoms with Crippen molar-refractivity contribution < 1.29 is 23.1 Å². The lowest BCUT2D eigenvalue weighted by atomic mass is 9.59. The summed E-state index contributed by atoms with van der Waals surface area (Å²) in [6.45, 7) is 3.69. The van der Waals surface area contributed by atoms with Gasteiger partial charge in [0.25, 0.3) is 0 Å². The predicted octanol–water partition coefficient (Wildman–Crippen LogP) is 7.89. The average Bonchev–Trinajstić information content (AvgIpc) is 3.39. The molecule has 1 spiro atoms. The maximum atomic E-state index is 14.0. The number of aliphatic hydroxyl groups is 1. The first kappa shape index (κ1) is 25.7. The van der Waals surface area contributed by atoms with Crippen molar-refractivity contribution in [3.8, 4) is 0 Å². The molecule has 5 rings (SSSR count). The summed E-state index contributed by atoms with van der Waals surface area (Å²) in [7, 11) is 0. The molecule has 1 heterocycles. The van der Waals surface area contributed by atoms with E-state index < -0.39 is 17.8 Å². The second-order valence-corrected chi connectivity index (χ2v) is 10.8. The smallest absolute Gasteiger partial charge is 0.388 e. The Morgan fingerprint density at radius 2 is 1.76 bits per heavy atom. The van der Waals surface area contributed by atoms with E-state index >= 15 is 0 Å². The van der Waals surface area contributed by atoms with Crippen molar-refractivity contribution in [2.75, 3.05) is 0 Å². The van der Waals surface area contributed by atoms with Crippen molar-refractivity contribution in [1.82, 2.24) is 4.98 Å². The van der Waals surface area contributed by atoms with E-state index in [2.05, 4.69) is 6.58 Å². The standard InChI is InChI=1S/C31H32F3NO2/c1-2-3-4-5-11-23-26-24(18-30(16-8-17-30)19-25(26)36)35-28(20-9-6-7-10-20)27(23)29(37)21-12-14-22(15-13-21)31(32,33)34/h2-5,11-15,20,25,36H,1,6-10,16-19H2/t25-/m0/s1. The Morgan fingerprint density at radius 3 is 2.35 bits per heavy atom. The fourth-order valence-electron chi connectivity index (χ4n) is 6.35. The van der Waals surface area contributed by atoms with E-state index in [1.165, 1.54) is 12.1 Å². The summed E-state index contributed by atoms with van der Waals surface area (Å²) in [5.74, 6) is -0.236. The molecule has 3 aliphatic carbocycles. The maximum absolute atomic E-state index is 14.0. The van der Waals surface area contributed by atoms with Gasteiger partial charge in [-0.3, -0.25) is 9.78 Å². The highest BCUT2D eigenvalue weighted by Crippen LogP contribution is 2.54. The minimum absolute atomic E-state index is 0.0784. The molecule has 1 aromatic heterocycles. The van der Waals surface area contributed by atoms with Crippen molar-refractivity contribution in [2.24, 2.45) is 5.41 Å². The molecular formula is C31H32F3NO2. The van der Waals surface area contributed by atoms with Crippen molar-refractivity contribution in [2.45, 2.75) is 76.0 Å². The van der Waals surface area contributed by atoms with Gasteiger partial charge in [0, 0.05) is 22.7 Å². The molecule has 3 aliphatic rings. The molecular weight excluding hydrogens is 475 g/mol. The van der Waals surface area contributed by atoms with E-state index in [0.29, 0.717) is 23.1 Å². The molecule has 1 atom stereocenters. The molecule has 0 unspecified atom stereocenters. The summed E-state index contributed by atoms with van der Waals surface area (Å²) in [5, 5.41) is 11.4. The van der Waals surface area contributed by atoms with Gasteiger partial charge in [0.1, 0.15) is 0 Å². The molecule has 1 N–H and O–H groups in total. The minimum atomic E-state index is -4.48. The van der Waals surface area contributed by atoms with Crippen LogP contribution in [0.3, 0.4) is 0 Å². The van der Waals surface area contributed by atoms with Crippen LogP contribution in [-0.4, -0.2) is 15.9 Å². The number of allylic oxidation sites excluding steroid dienone is 4. The van der Waals surface area contributed by atoms with Crippen molar-refractivity contribution in [1.29, 1.82) is 0 Å². The van der Waals surface area contributed by atoms with Gasteiger partial charge < -0.3 is 5.11 Å². The fourth-order valence-corrected chi connectivity index (χ4v) is 6.35. The third kappa shape index (κ3) is 4.96. The Kier molecular flexibility index (Phi) is 6.97. The van der Waals surface area contributed by atoms with Crippen LogP contribution >= 0.6 is 0 Å². The van der Waals surface area contributed by atoms with Gasteiger partial charge >= 0.3 is 6.18 Å². The van der Waals surface area contributed by atoms with Crippen LogP contribution < -0.4 is 0 Å². The first-order valence-electron chi connectivity index (χ1n) is 13.1. The summed E-state index contributed by atoms with van der Waals surface area (Å²) in [4.78, 5) is 19.1. The van der Waals surface area contributed by atoms with Crippen LogP contribution in [0.2, 0.25) is 0 Å². The minimum Gasteiger partial charge on any atom is -0.388 e. The van der Waals surface area contributed by atoms with Gasteiger partial charge in [0.2, 0.25) is 0 Å². The second-order valence-electron chi connectivity index (χ2n) is 10.8. The molecule has 0 amide bonds. The number of nitrogens with zero attached hydrogens (tertiary/aromatic N) is 1. The van der Waals surface area contributed by atoms with Crippen LogP contribution in [0.5, 0.6) is 0 Å². The zero-order valence-electron chi connectivity index (χ0n) is 20.9. The molecule has 37 heavy (non-hydrogen) atoms. The maximum Gasteiger partial charge on any atom is 0.416 e. The molecule has 6 heteroatoms. The van der Waals surface area contributed by atoms with E-state index in [0.717, 1.165) is 74.9 Å². The third-order valence-electron chi connectivity index (χ3n) is 8.36. The topological polar surface area (TPSA) is 50.2 Å². The lowest BCUT2D eigenvalue weighted by molar-refractivity contribution is -0.137. The Hall–Kier alpha value is -2.99. The molecule has 2 fully saturated rings. The first-order chi connectivity index (χ1) is 17.7. The van der Waals surface area contributed by atoms with Gasteiger partial charge in [-0.05, 0) is 61.6 Å². The normalized spacial score (nSPS) is 21.5. The number of hydrogen-bond donors (Lipinski definition) is 1. The van der Waals surface area contributed by atoms with Gasteiger partial charge in [-0.2, -0.15) is 13.2 Å². The number of carbonyl (C=O) groups is 1. The first-order valence-corrected chi connectivity index (χ1v) is 13.1. The Balaban J connectivity index is 1.69. The fraction of sp³-hybridized carbons (Fsp3) is 0.419. The second kappa shape index (κ2) is 10.1. The predicted molar refractivity (Wildman–Crippen MR) is 138 cm³/mol. The van der Waals surface area contributed by atoms with Crippen LogP contribution in [0.15, 0.2) is 55.1 Å². The molecule has 3 nitrogen and oxygen atoms in total. The van der Waals surface area contributed by atoms with Crippen LogP contribution in [0, 0.1) is 5.41 Å². The molecule has 0 bridgehead atoms. The van der Waals surface area contributed by atoms with E-state index in [-0.39, 0.29) is 22.7 Å². The number of carbonyl (C=O) groups excluding carboxylic acids is 1. The van der Waals surface area contributed by atoms with Crippen molar-refractivity contribution in [3.63, 3.8) is 0 Å². The number of benzene rings is 1. The molecule has 194 valence electrons. The Bertz CT molecular complexity index is 1250. The summed E-state index contributed by atoms with van der Waals surface area (Å²) in [6.07, 6.45) is 12.4. The molecule has 1 aromatic carbocycles. The number of aliphatic hydroxyl groups excluding tert-OH is 1. The van der Waals surface area contributed by atoms with Crippen molar-refractivity contribution in [3.05, 3.63) is 94.4 Å². The number of fused-ring (bicyclic) bond motifs is 1. The molecule has 2 saturated carbocycles. The highest BCUT2D eigenvalue weighted by atomic mass is 19.4. The molecule has 0 aliphatic heterocycles. The zero-order chi connectivity index (χ0) is 26.2. The van der Waals surface area contributed by atoms with E-state index in [1.54, 1.807) is 12.2 Å². The van der Waals surface area contributed by atoms with Crippen LogP contribution in [0.25, 0.3) is 6.08 Å². The number of ketones is 1. The summed E-state index contributed by atoms with van der Waals surface area (Å²) in [6, 6.07) is 4.39. The van der Waals surface area contributed by atoms with Gasteiger partial charge in [-0.1, -0.05) is 68.4 Å². The number of halogens is 3. The quantitative estimate of drug-likeness (QED) is 0.319. The van der Waals surface area contributed by atoms with Crippen LogP contribution in [0.4, 0.5) is 13.2 Å². The van der Waals surface area contributed by atoms with E-state index in [9.17, 15) is 23.1 Å². The zero-order valence-corrected chi connectivity index (χ0v) is 20.9. The summed E-state index contributed by atoms with van der Waals surface area (Å²) < 4.78 is 39.5. The molecule has 2 aromatic rings. The number of rotatable bonds is 6. The van der Waals surface area contributed by atoms with E-state index in [4.69, 9.17) is 4.98 Å². The SMILES string of the molecule is C=CC=CC=Cc1c(C(=O)c2ccc(C(F)(F)F)cc2)c(C2CCCC2)nc2c1[C@@H](O)CC1(CCC1)C2. The lowest BCUT2D eigenvalue weighted by Crippen LogP contribution is -2.38. The third-order valence-corrected chi connectivity index (χ3v) is 8.36. The van der Waals surface area contributed by atoms with E-state index in [1.807, 2.05) is 18.2 Å². The molecule has 0 radical (unpaired) electrons. The van der Waals surface area contributed by atoms with Gasteiger partial charge in [-0.25, -0.2) is 0 Å². The van der Waals surface area contributed by atoms with Gasteiger partial charge in [0.05, 0.1) is 22.9 Å². The largest absolute Gasteiger partial charge is 0.416 e. The Morgan fingerprint density at radius 1 is 1.05 bits per heavy atom. The summed E-state index contributed by atoms with van der Waals surface area (Å²) >= 11 is 0. The van der Waals surface area contributed by atoms with Crippen LogP contribution in [-0.2, 0) is 12.6 Å². The molecule has 0 saturated heterocycles. The van der Waals surface area contributed by atoms with Gasteiger partial charge in [0.15, 0.2) is 5.78 Å². The van der Waals surface area contributed by atoms with Gasteiger partial charge in [-0.15, -0.1) is 0 Å². The number of pyridine rings is 1. The summed E-state index contributed by atoms with van der Waals surface area (Å²) in [5.41, 5.74) is 2.83. The monoisotopic (exact) mass is 507 g/mol. The van der Waals surface area contributed by atoms with Crippen LogP contribution in [0.1, 0.15) is 107 Å². The number of aromatic nitrogens is 1. The average molecular weight is 508 g/mol. The highest BCUT2D eigenvalue weighted by Gasteiger charge is 2.45. The lowest BCUT2D eigenvalue weighted by Gasteiger charge is -2.47. The Labute approximate surface area is 215 Å². The number of alkyl halides is 3.